The smallest absolute Gasteiger partial charge is 0.323 e. The number of nitrogens with zero attached hydrogens (tertiary/aromatic N) is 6. The van der Waals surface area contributed by atoms with Gasteiger partial charge in [-0.3, -0.25) is 0 Å². The summed E-state index contributed by atoms with van der Waals surface area (Å²) < 4.78 is 0. The van der Waals surface area contributed by atoms with Crippen LogP contribution in [0.15, 0.2) is 82.4 Å². The molecule has 0 saturated heterocycles. The fraction of sp³-hybridized carbons (Fsp3) is 0. The maximum Gasteiger partial charge on any atom is 0.323 e. The average molecular weight is 627 g/mol. The third-order valence-electron chi connectivity index (χ3n) is 8.91. The Morgan fingerprint density at radius 3 is 1.15 bits per heavy atom. The molecule has 226 valence electrons. The number of imidazole rings is 2. The van der Waals surface area contributed by atoms with Crippen molar-refractivity contribution in [2.24, 2.45) is 0 Å². The van der Waals surface area contributed by atoms with Gasteiger partial charge in [0, 0.05) is 43.8 Å². The molecular weight excluding hydrogens is 608 g/mol. The Kier molecular flexibility index (Phi) is 4.55. The van der Waals surface area contributed by atoms with Gasteiger partial charge in [0.15, 0.2) is 23.3 Å². The van der Waals surface area contributed by atoms with E-state index >= 15 is 0 Å². The summed E-state index contributed by atoms with van der Waals surface area (Å²) in [5.74, 6) is 1.78. The third-order valence-corrected chi connectivity index (χ3v) is 8.91. The van der Waals surface area contributed by atoms with Crippen LogP contribution in [-0.4, -0.2) is 59.8 Å². The van der Waals surface area contributed by atoms with Crippen LogP contribution < -0.4 is 11.4 Å². The van der Waals surface area contributed by atoms with E-state index in [0.717, 1.165) is 27.3 Å². The largest absolute Gasteiger partial charge is 0.324 e. The van der Waals surface area contributed by atoms with E-state index < -0.39 is 0 Å². The Balaban J connectivity index is 1.36. The number of hydrogen-bond acceptors (Lipinski definition) is 8. The number of fused-ring (bicyclic) bond motifs is 22. The molecule has 0 fully saturated rings. The highest BCUT2D eigenvalue weighted by atomic mass is 16.1. The molecule has 8 bridgehead atoms. The standard InChI is InChI=1S/C34H18N12O2/c47-33-35-21-9-17-19(11-23(21)37-33)31-44-29(17)42-27-15-7-3-1-5-13(15)25(40-27)39-26-14-6-2-4-8-16(14)28(41-26)43-30-18-10-22-24(38-34(48)36-22)12-20(18)32(45-30)46-31/h1-12H,(H2,35,37,47)(H2,36,38,48)(H2,39,40,41,42,43,44,45,46). The molecule has 0 aliphatic carbocycles. The molecule has 2 aliphatic rings. The van der Waals surface area contributed by atoms with E-state index in [-0.39, 0.29) is 11.4 Å². The fourth-order valence-electron chi connectivity index (χ4n) is 6.75. The van der Waals surface area contributed by atoms with Crippen molar-refractivity contribution in [2.45, 2.75) is 0 Å². The molecule has 6 N–H and O–H groups in total. The number of benzene rings is 4. The molecule has 0 unspecified atom stereocenters. The SMILES string of the molecule is O=c1[nH]c2cc3c(cc2[nH]1)-c1nc-3nc2[nH]c(nc3nc(nc4[nH]c(n1)c1cc5[nH]c(=O)[nH]c5cc41)-c1ccccc1-3)c1ccccc21. The summed E-state index contributed by atoms with van der Waals surface area (Å²) in [7, 11) is 0. The van der Waals surface area contributed by atoms with Crippen molar-refractivity contribution in [3.05, 3.63) is 93.8 Å². The monoisotopic (exact) mass is 626 g/mol. The van der Waals surface area contributed by atoms with E-state index in [0.29, 0.717) is 84.5 Å². The lowest BCUT2D eigenvalue weighted by Gasteiger charge is -1.99. The van der Waals surface area contributed by atoms with Gasteiger partial charge >= 0.3 is 11.4 Å². The first kappa shape index (κ1) is 25.0. The molecule has 14 heteroatoms. The Hall–Kier alpha value is -7.22. The van der Waals surface area contributed by atoms with E-state index in [4.69, 9.17) is 29.9 Å². The highest BCUT2D eigenvalue weighted by Crippen LogP contribution is 2.38. The van der Waals surface area contributed by atoms with Gasteiger partial charge in [0.2, 0.25) is 0 Å². The topological polar surface area (TPSA) is 206 Å². The van der Waals surface area contributed by atoms with Crippen LogP contribution in [0.2, 0.25) is 0 Å². The molecule has 0 radical (unpaired) electrons. The van der Waals surface area contributed by atoms with Gasteiger partial charge in [0.25, 0.3) is 0 Å². The van der Waals surface area contributed by atoms with Crippen LogP contribution >= 0.6 is 0 Å². The van der Waals surface area contributed by atoms with Crippen molar-refractivity contribution < 1.29 is 0 Å². The first-order valence-electron chi connectivity index (χ1n) is 15.1. The zero-order chi connectivity index (χ0) is 31.7. The average Bonchev–Trinajstić information content (AvgIpc) is 3.92. The lowest BCUT2D eigenvalue weighted by molar-refractivity contribution is 1.19. The number of rotatable bonds is 0. The van der Waals surface area contributed by atoms with E-state index in [2.05, 4.69) is 29.9 Å². The van der Waals surface area contributed by atoms with Gasteiger partial charge < -0.3 is 29.9 Å². The van der Waals surface area contributed by atoms with Crippen molar-refractivity contribution >= 4 is 66.2 Å². The maximum atomic E-state index is 12.2. The fourth-order valence-corrected chi connectivity index (χ4v) is 6.75. The predicted molar refractivity (Wildman–Crippen MR) is 181 cm³/mol. The van der Waals surface area contributed by atoms with Crippen LogP contribution in [0, 0.1) is 0 Å². The summed E-state index contributed by atoms with van der Waals surface area (Å²) in [6.45, 7) is 0. The van der Waals surface area contributed by atoms with Gasteiger partial charge in [0.1, 0.15) is 22.6 Å². The summed E-state index contributed by atoms with van der Waals surface area (Å²) in [5.41, 5.74) is 7.04. The van der Waals surface area contributed by atoms with E-state index in [9.17, 15) is 9.59 Å². The van der Waals surface area contributed by atoms with Gasteiger partial charge in [0.05, 0.1) is 22.1 Å². The number of aromatic nitrogens is 12. The van der Waals surface area contributed by atoms with Crippen LogP contribution in [0.4, 0.5) is 0 Å². The molecule has 2 aliphatic heterocycles. The summed E-state index contributed by atoms with van der Waals surface area (Å²) in [6, 6.07) is 23.1. The van der Waals surface area contributed by atoms with Gasteiger partial charge in [-0.25, -0.2) is 39.5 Å². The van der Waals surface area contributed by atoms with Gasteiger partial charge in [-0.2, -0.15) is 0 Å². The summed E-state index contributed by atoms with van der Waals surface area (Å²) in [4.78, 5) is 72.6. The minimum atomic E-state index is -0.319. The molecule has 0 amide bonds. The van der Waals surface area contributed by atoms with Crippen LogP contribution in [0.5, 0.6) is 0 Å². The van der Waals surface area contributed by atoms with Crippen molar-refractivity contribution in [3.8, 4) is 45.6 Å². The first-order valence-corrected chi connectivity index (χ1v) is 15.1. The van der Waals surface area contributed by atoms with Crippen LogP contribution in [0.1, 0.15) is 0 Å². The van der Waals surface area contributed by atoms with Gasteiger partial charge in [-0.1, -0.05) is 48.5 Å². The Bertz CT molecular complexity index is 3190. The summed E-state index contributed by atoms with van der Waals surface area (Å²) in [6.07, 6.45) is 0. The molecule has 5 aromatic heterocycles. The first-order chi connectivity index (χ1) is 23.5. The minimum absolute atomic E-state index is 0.318. The molecule has 0 spiro atoms. The Morgan fingerprint density at radius 1 is 0.354 bits per heavy atom. The predicted octanol–water partition coefficient (Wildman–Crippen LogP) is 5.21. The number of H-pyrrole nitrogens is 6. The van der Waals surface area contributed by atoms with Crippen molar-refractivity contribution in [1.29, 1.82) is 0 Å². The maximum absolute atomic E-state index is 12.2. The Morgan fingerprint density at radius 2 is 0.708 bits per heavy atom. The van der Waals surface area contributed by atoms with Crippen LogP contribution in [0.3, 0.4) is 0 Å². The quantitative estimate of drug-likeness (QED) is 0.131. The molecule has 9 aromatic rings. The van der Waals surface area contributed by atoms with E-state index in [1.165, 1.54) is 0 Å². The highest BCUT2D eigenvalue weighted by molar-refractivity contribution is 6.10. The van der Waals surface area contributed by atoms with Crippen molar-refractivity contribution in [3.63, 3.8) is 0 Å². The van der Waals surface area contributed by atoms with Gasteiger partial charge in [-0.05, 0) is 24.3 Å². The van der Waals surface area contributed by atoms with E-state index in [1.807, 2.05) is 72.8 Å². The third kappa shape index (κ3) is 3.44. The molecular formula is C34H18N12O2. The molecule has 14 nitrogen and oxygen atoms in total. The zero-order valence-electron chi connectivity index (χ0n) is 24.4. The van der Waals surface area contributed by atoms with Crippen LogP contribution in [0.25, 0.3) is 112 Å². The zero-order valence-corrected chi connectivity index (χ0v) is 24.4. The number of hydrogen-bond donors (Lipinski definition) is 6. The second-order valence-corrected chi connectivity index (χ2v) is 11.7. The normalized spacial score (nSPS) is 12.3. The highest BCUT2D eigenvalue weighted by Gasteiger charge is 2.23. The number of aromatic amines is 6. The molecule has 4 aromatic carbocycles. The van der Waals surface area contributed by atoms with Crippen LogP contribution in [-0.2, 0) is 0 Å². The lowest BCUT2D eigenvalue weighted by Crippen LogP contribution is -1.99. The molecule has 0 atom stereocenters. The molecule has 0 saturated carbocycles. The molecule has 7 heterocycles. The second kappa shape index (κ2) is 8.73. The summed E-state index contributed by atoms with van der Waals surface area (Å²) >= 11 is 0. The van der Waals surface area contributed by atoms with Crippen molar-refractivity contribution in [1.82, 2.24) is 59.8 Å². The van der Waals surface area contributed by atoms with Gasteiger partial charge in [-0.15, -0.1) is 0 Å². The molecule has 11 rings (SSSR count). The minimum Gasteiger partial charge on any atom is -0.324 e. The second-order valence-electron chi connectivity index (χ2n) is 11.7. The van der Waals surface area contributed by atoms with E-state index in [1.54, 1.807) is 0 Å². The molecule has 48 heavy (non-hydrogen) atoms. The van der Waals surface area contributed by atoms with Crippen molar-refractivity contribution in [2.75, 3.05) is 0 Å². The lowest BCUT2D eigenvalue weighted by atomic mass is 10.1. The summed E-state index contributed by atoms with van der Waals surface area (Å²) in [5, 5.41) is 3.17. The number of nitrogens with one attached hydrogen (secondary N) is 6. The Labute approximate surface area is 265 Å².